The van der Waals surface area contributed by atoms with E-state index in [1.54, 1.807) is 36.6 Å². The van der Waals surface area contributed by atoms with E-state index in [0.717, 1.165) is 11.0 Å². The molecule has 178 valence electrons. The van der Waals surface area contributed by atoms with Crippen LogP contribution in [0.2, 0.25) is 0 Å². The number of rotatable bonds is 5. The molecule has 0 radical (unpaired) electrons. The molecule has 1 fully saturated rings. The number of hydrogen-bond acceptors (Lipinski definition) is 6. The first-order chi connectivity index (χ1) is 16.6. The maximum absolute atomic E-state index is 13.8. The number of ether oxygens (including phenoxy) is 1. The Morgan fingerprint density at radius 3 is 2.54 bits per heavy atom. The van der Waals surface area contributed by atoms with Gasteiger partial charge >= 0.3 is 0 Å². The minimum Gasteiger partial charge on any atom is -0.496 e. The second-order valence-electron chi connectivity index (χ2n) is 7.71. The molecule has 2 aromatic carbocycles. The third-order valence-corrected chi connectivity index (χ3v) is 5.84. The van der Waals surface area contributed by atoms with E-state index in [-0.39, 0.29) is 22.1 Å². The predicted octanol–water partition coefficient (Wildman–Crippen LogP) is 3.98. The lowest BCUT2D eigenvalue weighted by Gasteiger charge is -2.28. The van der Waals surface area contributed by atoms with E-state index in [9.17, 15) is 24.1 Å². The van der Waals surface area contributed by atoms with Crippen LogP contribution in [0.3, 0.4) is 0 Å². The molecule has 9 nitrogen and oxygen atoms in total. The minimum atomic E-state index is -0.718. The van der Waals surface area contributed by atoms with Crippen LogP contribution >= 0.6 is 12.2 Å². The van der Waals surface area contributed by atoms with Crippen molar-refractivity contribution in [2.24, 2.45) is 0 Å². The fraction of sp³-hybridized carbons (Fsp3) is 0.125. The number of nitro groups is 1. The Balaban J connectivity index is 1.80. The molecular formula is C24H19FN4O5S. The van der Waals surface area contributed by atoms with Crippen LogP contribution < -0.4 is 15.0 Å². The quantitative estimate of drug-likeness (QED) is 0.189. The van der Waals surface area contributed by atoms with Gasteiger partial charge < -0.3 is 9.30 Å². The molecule has 1 aliphatic heterocycles. The fourth-order valence-corrected chi connectivity index (χ4v) is 4.21. The number of nitrogens with zero attached hydrogens (tertiary/aromatic N) is 3. The normalized spacial score (nSPS) is 14.9. The highest BCUT2D eigenvalue weighted by Gasteiger charge is 2.35. The van der Waals surface area contributed by atoms with Crippen LogP contribution in [0.1, 0.15) is 17.0 Å². The summed E-state index contributed by atoms with van der Waals surface area (Å²) in [6, 6.07) is 11.5. The molecule has 0 bridgehead atoms. The van der Waals surface area contributed by atoms with Crippen molar-refractivity contribution < 1.29 is 23.6 Å². The van der Waals surface area contributed by atoms with Gasteiger partial charge in [0.1, 0.15) is 22.8 Å². The van der Waals surface area contributed by atoms with Gasteiger partial charge in [0.05, 0.1) is 23.8 Å². The summed E-state index contributed by atoms with van der Waals surface area (Å²) in [4.78, 5) is 38.1. The molecule has 4 rings (SSSR count). The van der Waals surface area contributed by atoms with Crippen LogP contribution in [0.25, 0.3) is 11.8 Å². The van der Waals surface area contributed by atoms with E-state index in [1.165, 1.54) is 37.5 Å². The van der Waals surface area contributed by atoms with Gasteiger partial charge in [-0.15, -0.1) is 0 Å². The van der Waals surface area contributed by atoms with E-state index < -0.39 is 22.6 Å². The first-order valence-electron chi connectivity index (χ1n) is 10.3. The topological polar surface area (TPSA) is 107 Å². The summed E-state index contributed by atoms with van der Waals surface area (Å²) in [5, 5.41) is 14.0. The number of anilines is 1. The number of carbonyl (C=O) groups is 2. The van der Waals surface area contributed by atoms with Gasteiger partial charge in [0.25, 0.3) is 17.5 Å². The largest absolute Gasteiger partial charge is 0.496 e. The first-order valence-corrected chi connectivity index (χ1v) is 10.7. The highest BCUT2D eigenvalue weighted by Crippen LogP contribution is 2.32. The fourth-order valence-electron chi connectivity index (χ4n) is 3.93. The Morgan fingerprint density at radius 1 is 1.14 bits per heavy atom. The zero-order chi connectivity index (χ0) is 25.4. The first kappa shape index (κ1) is 23.8. The zero-order valence-electron chi connectivity index (χ0n) is 18.9. The summed E-state index contributed by atoms with van der Waals surface area (Å²) < 4.78 is 20.5. The van der Waals surface area contributed by atoms with Gasteiger partial charge in [0, 0.05) is 11.4 Å². The summed E-state index contributed by atoms with van der Waals surface area (Å²) in [5.41, 5.74) is 1.80. The van der Waals surface area contributed by atoms with Gasteiger partial charge in [-0.1, -0.05) is 6.07 Å². The molecule has 0 unspecified atom stereocenters. The van der Waals surface area contributed by atoms with Gasteiger partial charge in [0.2, 0.25) is 0 Å². The standard InChI is InChI=1S/C24H19FN4O5S/c1-13-9-15(14(2)27(13)20-8-7-18(34-3)12-21(20)29(32)33)10-19-22(30)26-24(35)28(23(19)31)17-6-4-5-16(25)11-17/h4-12H,1-3H3,(H,26,30,35). The number of nitrogens with one attached hydrogen (secondary N) is 1. The maximum atomic E-state index is 13.8. The second-order valence-corrected chi connectivity index (χ2v) is 8.10. The van der Waals surface area contributed by atoms with Crippen LogP contribution in [0, 0.1) is 29.8 Å². The molecule has 3 aromatic rings. The molecule has 0 atom stereocenters. The molecule has 11 heteroatoms. The smallest absolute Gasteiger partial charge is 0.296 e. The number of thiocarbonyl (C=S) groups is 1. The molecule has 0 aliphatic carbocycles. The van der Waals surface area contributed by atoms with E-state index >= 15 is 0 Å². The SMILES string of the molecule is COc1ccc(-n2c(C)cc(C=C3C(=O)NC(=S)N(c4cccc(F)c4)C3=O)c2C)c([N+](=O)[O-])c1. The van der Waals surface area contributed by atoms with Crippen molar-refractivity contribution in [3.63, 3.8) is 0 Å². The average molecular weight is 495 g/mol. The number of benzene rings is 2. The summed E-state index contributed by atoms with van der Waals surface area (Å²) in [7, 11) is 1.42. The van der Waals surface area contributed by atoms with Crippen LogP contribution in [0.4, 0.5) is 15.8 Å². The summed E-state index contributed by atoms with van der Waals surface area (Å²) in [6.07, 6.45) is 1.39. The van der Waals surface area contributed by atoms with Crippen molar-refractivity contribution in [1.29, 1.82) is 0 Å². The van der Waals surface area contributed by atoms with Gasteiger partial charge in [-0.3, -0.25) is 29.9 Å². The highest BCUT2D eigenvalue weighted by molar-refractivity contribution is 7.80. The zero-order valence-corrected chi connectivity index (χ0v) is 19.7. The molecule has 1 N–H and O–H groups in total. The monoisotopic (exact) mass is 494 g/mol. The van der Waals surface area contributed by atoms with Gasteiger partial charge in [0.15, 0.2) is 5.11 Å². The molecule has 0 saturated carbocycles. The number of amides is 2. The van der Waals surface area contributed by atoms with Crippen molar-refractivity contribution >= 4 is 46.6 Å². The second kappa shape index (κ2) is 9.11. The molecule has 0 spiro atoms. The van der Waals surface area contributed by atoms with Crippen LogP contribution in [0.15, 0.2) is 54.1 Å². The van der Waals surface area contributed by atoms with Crippen LogP contribution in [-0.4, -0.2) is 33.5 Å². The third kappa shape index (κ3) is 4.28. The van der Waals surface area contributed by atoms with Crippen molar-refractivity contribution in [3.05, 3.63) is 87.0 Å². The number of aryl methyl sites for hydroxylation is 1. The Bertz CT molecular complexity index is 1450. The minimum absolute atomic E-state index is 0.165. The highest BCUT2D eigenvalue weighted by atomic mass is 32.1. The molecular weight excluding hydrogens is 475 g/mol. The lowest BCUT2D eigenvalue weighted by molar-refractivity contribution is -0.384. The van der Waals surface area contributed by atoms with E-state index in [4.69, 9.17) is 17.0 Å². The summed E-state index contributed by atoms with van der Waals surface area (Å²) in [6.45, 7) is 3.47. The van der Waals surface area contributed by atoms with E-state index in [2.05, 4.69) is 5.32 Å². The number of nitro benzene ring substituents is 1. The molecule has 1 aromatic heterocycles. The molecule has 1 aliphatic rings. The maximum Gasteiger partial charge on any atom is 0.296 e. The van der Waals surface area contributed by atoms with Crippen molar-refractivity contribution in [2.45, 2.75) is 13.8 Å². The molecule has 2 amide bonds. The van der Waals surface area contributed by atoms with E-state index in [0.29, 0.717) is 28.4 Å². The van der Waals surface area contributed by atoms with Crippen molar-refractivity contribution in [2.75, 3.05) is 12.0 Å². The Labute approximate surface area is 204 Å². The van der Waals surface area contributed by atoms with Gasteiger partial charge in [-0.2, -0.15) is 0 Å². The van der Waals surface area contributed by atoms with E-state index in [1.807, 2.05) is 0 Å². The lowest BCUT2D eigenvalue weighted by Crippen LogP contribution is -2.54. The number of methoxy groups -OCH3 is 1. The molecule has 2 heterocycles. The Kier molecular flexibility index (Phi) is 6.18. The number of hydrogen-bond donors (Lipinski definition) is 1. The van der Waals surface area contributed by atoms with Crippen molar-refractivity contribution in [3.8, 4) is 11.4 Å². The van der Waals surface area contributed by atoms with Crippen LogP contribution in [-0.2, 0) is 9.59 Å². The van der Waals surface area contributed by atoms with Gasteiger partial charge in [-0.25, -0.2) is 4.39 Å². The Hall–Kier alpha value is -4.38. The van der Waals surface area contributed by atoms with Crippen LogP contribution in [0.5, 0.6) is 5.75 Å². The third-order valence-electron chi connectivity index (χ3n) is 5.56. The summed E-state index contributed by atoms with van der Waals surface area (Å²) in [5.74, 6) is -1.65. The van der Waals surface area contributed by atoms with Crippen molar-refractivity contribution in [1.82, 2.24) is 9.88 Å². The number of carbonyl (C=O) groups excluding carboxylic acids is 2. The summed E-state index contributed by atoms with van der Waals surface area (Å²) >= 11 is 5.14. The lowest BCUT2D eigenvalue weighted by atomic mass is 10.1. The Morgan fingerprint density at radius 2 is 1.89 bits per heavy atom. The predicted molar refractivity (Wildman–Crippen MR) is 131 cm³/mol. The molecule has 35 heavy (non-hydrogen) atoms. The number of halogens is 1. The number of aromatic nitrogens is 1. The van der Waals surface area contributed by atoms with Gasteiger partial charge in [-0.05, 0) is 74.1 Å². The molecule has 1 saturated heterocycles. The average Bonchev–Trinajstić information content (AvgIpc) is 3.08.